The number of fused-ring (bicyclic) bond motifs is 1. The van der Waals surface area contributed by atoms with Crippen molar-refractivity contribution in [2.75, 3.05) is 13.2 Å². The molecule has 1 aromatic carbocycles. The van der Waals surface area contributed by atoms with E-state index in [0.717, 1.165) is 12.8 Å². The highest BCUT2D eigenvalue weighted by Crippen LogP contribution is 2.32. The summed E-state index contributed by atoms with van der Waals surface area (Å²) in [6.07, 6.45) is 0.973. The van der Waals surface area contributed by atoms with Crippen LogP contribution in [0, 0.1) is 5.92 Å². The summed E-state index contributed by atoms with van der Waals surface area (Å²) >= 11 is 5.86. The van der Waals surface area contributed by atoms with Gasteiger partial charge in [-0.3, -0.25) is 4.79 Å². The molecule has 0 bridgehead atoms. The van der Waals surface area contributed by atoms with Crippen molar-refractivity contribution in [3.8, 4) is 0 Å². The van der Waals surface area contributed by atoms with E-state index in [9.17, 15) is 9.59 Å². The number of ether oxygens (including phenoxy) is 1. The Balaban J connectivity index is 1.77. The number of carbonyl (C=O) groups is 2. The predicted molar refractivity (Wildman–Crippen MR) is 84.2 cm³/mol. The van der Waals surface area contributed by atoms with Gasteiger partial charge in [-0.05, 0) is 44.0 Å². The summed E-state index contributed by atoms with van der Waals surface area (Å²) in [6, 6.07) is 6.70. The zero-order valence-electron chi connectivity index (χ0n) is 12.7. The van der Waals surface area contributed by atoms with E-state index < -0.39 is 12.2 Å². The molecular formula is C16H17ClN2O4. The van der Waals surface area contributed by atoms with Crippen LogP contribution in [0.3, 0.4) is 0 Å². The van der Waals surface area contributed by atoms with Crippen LogP contribution in [-0.4, -0.2) is 41.9 Å². The van der Waals surface area contributed by atoms with Crippen molar-refractivity contribution in [2.24, 2.45) is 11.1 Å². The number of piperidine rings is 1. The summed E-state index contributed by atoms with van der Waals surface area (Å²) in [5.74, 6) is -0.864. The van der Waals surface area contributed by atoms with Gasteiger partial charge in [0.05, 0.1) is 12.5 Å². The Hall–Kier alpha value is -2.08. The lowest BCUT2D eigenvalue weighted by atomic mass is 9.91. The Morgan fingerprint density at radius 1 is 1.39 bits per heavy atom. The number of hydrogen-bond acceptors (Lipinski definition) is 5. The SMILES string of the molecule is CCOC(=O)C1=NO[C@@H]2[C@H]1CCCN2C(=O)c1ccc(Cl)cc1. The van der Waals surface area contributed by atoms with Crippen LogP contribution in [0.15, 0.2) is 29.4 Å². The number of rotatable bonds is 3. The van der Waals surface area contributed by atoms with Gasteiger partial charge in [0.2, 0.25) is 6.23 Å². The number of carbonyl (C=O) groups excluding carboxylic acids is 2. The van der Waals surface area contributed by atoms with Gasteiger partial charge in [0.25, 0.3) is 5.91 Å². The highest BCUT2D eigenvalue weighted by Gasteiger charge is 2.46. The molecule has 0 N–H and O–H groups in total. The summed E-state index contributed by atoms with van der Waals surface area (Å²) in [6.45, 7) is 2.58. The topological polar surface area (TPSA) is 68.2 Å². The molecule has 3 rings (SSSR count). The molecule has 122 valence electrons. The van der Waals surface area contributed by atoms with E-state index in [0.29, 0.717) is 17.1 Å². The largest absolute Gasteiger partial charge is 0.461 e. The zero-order valence-corrected chi connectivity index (χ0v) is 13.5. The molecule has 1 saturated heterocycles. The summed E-state index contributed by atoms with van der Waals surface area (Å²) in [4.78, 5) is 31.6. The van der Waals surface area contributed by atoms with Gasteiger partial charge in [-0.2, -0.15) is 0 Å². The molecule has 2 heterocycles. The number of amides is 1. The average molecular weight is 337 g/mol. The monoisotopic (exact) mass is 336 g/mol. The smallest absolute Gasteiger partial charge is 0.356 e. The van der Waals surface area contributed by atoms with E-state index in [2.05, 4.69) is 5.16 Å². The standard InChI is InChI=1S/C16H17ClN2O4/c1-2-22-16(21)13-12-4-3-9-19(15(12)23-18-13)14(20)10-5-7-11(17)8-6-10/h5-8,12,15H,2-4,9H2,1H3/t12-,15+/m0/s1. The van der Waals surface area contributed by atoms with E-state index in [4.69, 9.17) is 21.2 Å². The molecule has 2 aliphatic heterocycles. The summed E-state index contributed by atoms with van der Waals surface area (Å²) in [5, 5.41) is 4.44. The number of nitrogens with zero attached hydrogens (tertiary/aromatic N) is 2. The molecule has 1 fully saturated rings. The molecule has 0 aromatic heterocycles. The molecular weight excluding hydrogens is 320 g/mol. The molecule has 2 atom stereocenters. The average Bonchev–Trinajstić information content (AvgIpc) is 2.99. The Kier molecular flexibility index (Phi) is 4.52. The minimum Gasteiger partial charge on any atom is -0.461 e. The third-order valence-corrected chi connectivity index (χ3v) is 4.26. The number of benzene rings is 1. The number of oxime groups is 1. The highest BCUT2D eigenvalue weighted by atomic mass is 35.5. The van der Waals surface area contributed by atoms with Crippen molar-refractivity contribution >= 4 is 29.2 Å². The molecule has 6 nitrogen and oxygen atoms in total. The summed E-state index contributed by atoms with van der Waals surface area (Å²) < 4.78 is 5.00. The quantitative estimate of drug-likeness (QED) is 0.795. The van der Waals surface area contributed by atoms with Crippen molar-refractivity contribution in [3.63, 3.8) is 0 Å². The molecule has 0 saturated carbocycles. The van der Waals surface area contributed by atoms with Gasteiger partial charge in [-0.15, -0.1) is 0 Å². The zero-order chi connectivity index (χ0) is 16.4. The van der Waals surface area contributed by atoms with E-state index in [1.54, 1.807) is 36.1 Å². The van der Waals surface area contributed by atoms with Crippen molar-refractivity contribution in [2.45, 2.75) is 26.0 Å². The lowest BCUT2D eigenvalue weighted by Crippen LogP contribution is -2.49. The van der Waals surface area contributed by atoms with Gasteiger partial charge in [0.1, 0.15) is 0 Å². The fourth-order valence-corrected chi connectivity index (χ4v) is 3.04. The number of halogens is 1. The lowest BCUT2D eigenvalue weighted by molar-refractivity contribution is -0.135. The maximum atomic E-state index is 12.7. The van der Waals surface area contributed by atoms with Crippen LogP contribution in [0.1, 0.15) is 30.1 Å². The van der Waals surface area contributed by atoms with Gasteiger partial charge in [0.15, 0.2) is 5.71 Å². The van der Waals surface area contributed by atoms with Crippen molar-refractivity contribution < 1.29 is 19.2 Å². The Morgan fingerprint density at radius 2 is 2.13 bits per heavy atom. The van der Waals surface area contributed by atoms with E-state index in [1.807, 2.05) is 0 Å². The maximum absolute atomic E-state index is 12.7. The van der Waals surface area contributed by atoms with Crippen LogP contribution >= 0.6 is 11.6 Å². The Labute approximate surface area is 139 Å². The molecule has 0 aliphatic carbocycles. The van der Waals surface area contributed by atoms with E-state index in [1.165, 1.54) is 0 Å². The van der Waals surface area contributed by atoms with Crippen LogP contribution in [0.5, 0.6) is 0 Å². The fraction of sp³-hybridized carbons (Fsp3) is 0.438. The third kappa shape index (κ3) is 3.03. The van der Waals surface area contributed by atoms with Crippen LogP contribution in [0.4, 0.5) is 0 Å². The molecule has 0 unspecified atom stereocenters. The number of hydrogen-bond donors (Lipinski definition) is 0. The lowest BCUT2D eigenvalue weighted by Gasteiger charge is -2.35. The predicted octanol–water partition coefficient (Wildman–Crippen LogP) is 2.47. The molecule has 1 amide bonds. The summed E-state index contributed by atoms with van der Waals surface area (Å²) in [5.41, 5.74) is 0.800. The normalized spacial score (nSPS) is 22.9. The first-order chi connectivity index (χ1) is 11.1. The van der Waals surface area contributed by atoms with Crippen molar-refractivity contribution in [3.05, 3.63) is 34.9 Å². The molecule has 7 heteroatoms. The molecule has 23 heavy (non-hydrogen) atoms. The second-order valence-corrected chi connectivity index (χ2v) is 5.88. The van der Waals surface area contributed by atoms with Crippen LogP contribution in [0.2, 0.25) is 5.02 Å². The first-order valence-electron chi connectivity index (χ1n) is 7.59. The van der Waals surface area contributed by atoms with Gasteiger partial charge in [0, 0.05) is 17.1 Å². The highest BCUT2D eigenvalue weighted by molar-refractivity contribution is 6.37. The first kappa shape index (κ1) is 15.8. The summed E-state index contributed by atoms with van der Waals surface area (Å²) in [7, 11) is 0. The Morgan fingerprint density at radius 3 is 2.83 bits per heavy atom. The van der Waals surface area contributed by atoms with E-state index >= 15 is 0 Å². The van der Waals surface area contributed by atoms with Crippen LogP contribution in [-0.2, 0) is 14.4 Å². The number of esters is 1. The van der Waals surface area contributed by atoms with Gasteiger partial charge in [-0.1, -0.05) is 16.8 Å². The first-order valence-corrected chi connectivity index (χ1v) is 7.97. The molecule has 1 aromatic rings. The van der Waals surface area contributed by atoms with Crippen molar-refractivity contribution in [1.82, 2.24) is 4.90 Å². The second kappa shape index (κ2) is 6.58. The maximum Gasteiger partial charge on any atom is 0.356 e. The minimum absolute atomic E-state index is 0.156. The minimum atomic E-state index is -0.550. The molecule has 0 spiro atoms. The van der Waals surface area contributed by atoms with Crippen LogP contribution < -0.4 is 0 Å². The molecule has 2 aliphatic rings. The number of likely N-dealkylation sites (tertiary alicyclic amines) is 1. The molecule has 0 radical (unpaired) electrons. The van der Waals surface area contributed by atoms with Gasteiger partial charge in [-0.25, -0.2) is 4.79 Å². The fourth-order valence-electron chi connectivity index (χ4n) is 2.92. The second-order valence-electron chi connectivity index (χ2n) is 5.45. The third-order valence-electron chi connectivity index (χ3n) is 4.01. The Bertz CT molecular complexity index is 644. The van der Waals surface area contributed by atoms with Gasteiger partial charge < -0.3 is 14.5 Å². The van der Waals surface area contributed by atoms with E-state index in [-0.39, 0.29) is 24.1 Å². The van der Waals surface area contributed by atoms with Crippen LogP contribution in [0.25, 0.3) is 0 Å². The van der Waals surface area contributed by atoms with Gasteiger partial charge >= 0.3 is 5.97 Å². The van der Waals surface area contributed by atoms with Crippen molar-refractivity contribution in [1.29, 1.82) is 0 Å².